The van der Waals surface area contributed by atoms with E-state index >= 15 is 0 Å². The Kier molecular flexibility index (Phi) is 10.9. The molecule has 3 amide bonds. The summed E-state index contributed by atoms with van der Waals surface area (Å²) in [6.07, 6.45) is 1.96. The molecule has 12 heteroatoms. The van der Waals surface area contributed by atoms with E-state index in [9.17, 15) is 24.3 Å². The molecule has 0 radical (unpaired) electrons. The molecular weight excluding hydrogens is 418 g/mol. The van der Waals surface area contributed by atoms with Crippen LogP contribution in [0.25, 0.3) is 0 Å². The third-order valence-corrected chi connectivity index (χ3v) is 5.13. The summed E-state index contributed by atoms with van der Waals surface area (Å²) in [5, 5.41) is 14.6. The molecular formula is C20H37N7O5. The minimum absolute atomic E-state index is 0.0702. The number of carboxylic acids is 1. The molecule has 9 N–H and O–H groups in total. The standard InChI is InChI=1S/C20H37N7O5/c1-11(2)10-14(19(31)32)26-17(29)15-7-5-9-27(15)18(30)13(25-16(28)12(3)21)6-4-8-24-20(22)23/h11-15H,4-10,21H2,1-3H3,(H,25,28)(H,26,29)(H,31,32)(H4,22,23,24). The van der Waals surface area contributed by atoms with Crippen LogP contribution in [0.15, 0.2) is 4.99 Å². The van der Waals surface area contributed by atoms with Gasteiger partial charge in [0.25, 0.3) is 0 Å². The van der Waals surface area contributed by atoms with Crippen LogP contribution in [0.3, 0.4) is 0 Å². The van der Waals surface area contributed by atoms with Crippen LogP contribution in [-0.2, 0) is 19.2 Å². The van der Waals surface area contributed by atoms with Gasteiger partial charge in [-0.2, -0.15) is 0 Å². The number of nitrogens with one attached hydrogen (secondary N) is 2. The molecule has 0 aromatic carbocycles. The molecule has 0 aromatic rings. The average Bonchev–Trinajstić information content (AvgIpc) is 3.18. The van der Waals surface area contributed by atoms with E-state index in [1.807, 2.05) is 13.8 Å². The van der Waals surface area contributed by atoms with Gasteiger partial charge in [-0.3, -0.25) is 19.4 Å². The molecule has 1 heterocycles. The van der Waals surface area contributed by atoms with Gasteiger partial charge in [0.2, 0.25) is 17.7 Å². The van der Waals surface area contributed by atoms with Gasteiger partial charge in [0, 0.05) is 13.1 Å². The van der Waals surface area contributed by atoms with E-state index in [1.165, 1.54) is 11.8 Å². The fourth-order valence-corrected chi connectivity index (χ4v) is 3.53. The number of aliphatic carboxylic acids is 1. The lowest BCUT2D eigenvalue weighted by Crippen LogP contribution is -2.56. The number of carbonyl (C=O) groups excluding carboxylic acids is 3. The number of nitrogens with zero attached hydrogens (tertiary/aromatic N) is 2. The summed E-state index contributed by atoms with van der Waals surface area (Å²) in [6, 6.07) is -3.55. The van der Waals surface area contributed by atoms with E-state index in [4.69, 9.17) is 17.2 Å². The number of aliphatic imine (C=N–C) groups is 1. The van der Waals surface area contributed by atoms with Crippen LogP contribution in [0.2, 0.25) is 0 Å². The first kappa shape index (κ1) is 27.1. The molecule has 0 aliphatic carbocycles. The molecule has 0 bridgehead atoms. The van der Waals surface area contributed by atoms with Crippen LogP contribution in [0, 0.1) is 5.92 Å². The zero-order valence-electron chi connectivity index (χ0n) is 19.0. The fraction of sp³-hybridized carbons (Fsp3) is 0.750. The molecule has 1 aliphatic rings. The maximum Gasteiger partial charge on any atom is 0.326 e. The predicted octanol–water partition coefficient (Wildman–Crippen LogP) is -1.52. The number of likely N-dealkylation sites (tertiary alicyclic amines) is 1. The molecule has 1 aliphatic heterocycles. The van der Waals surface area contributed by atoms with Crippen LogP contribution in [0.5, 0.6) is 0 Å². The lowest BCUT2D eigenvalue weighted by Gasteiger charge is -2.30. The number of nitrogens with two attached hydrogens (primary N) is 3. The zero-order chi connectivity index (χ0) is 24.4. The van der Waals surface area contributed by atoms with Gasteiger partial charge in [-0.1, -0.05) is 13.8 Å². The SMILES string of the molecule is CC(C)CC(NC(=O)C1CCCN1C(=O)C(CCCN=C(N)N)NC(=O)C(C)N)C(=O)O. The Morgan fingerprint density at radius 3 is 2.31 bits per heavy atom. The van der Waals surface area contributed by atoms with Crippen molar-refractivity contribution in [1.82, 2.24) is 15.5 Å². The smallest absolute Gasteiger partial charge is 0.326 e. The number of carbonyl (C=O) groups is 4. The van der Waals surface area contributed by atoms with E-state index in [1.54, 1.807) is 0 Å². The van der Waals surface area contributed by atoms with E-state index in [0.717, 1.165) is 0 Å². The molecule has 182 valence electrons. The first-order chi connectivity index (χ1) is 14.9. The fourth-order valence-electron chi connectivity index (χ4n) is 3.53. The highest BCUT2D eigenvalue weighted by atomic mass is 16.4. The number of amides is 3. The number of hydrogen-bond acceptors (Lipinski definition) is 6. The second-order valence-corrected chi connectivity index (χ2v) is 8.52. The molecule has 1 saturated heterocycles. The highest BCUT2D eigenvalue weighted by Crippen LogP contribution is 2.20. The first-order valence-electron chi connectivity index (χ1n) is 10.9. The number of hydrogen-bond donors (Lipinski definition) is 6. The second kappa shape index (κ2) is 12.8. The van der Waals surface area contributed by atoms with Crippen molar-refractivity contribution in [3.05, 3.63) is 0 Å². The summed E-state index contributed by atoms with van der Waals surface area (Å²) in [5.41, 5.74) is 16.2. The van der Waals surface area contributed by atoms with E-state index in [2.05, 4.69) is 15.6 Å². The van der Waals surface area contributed by atoms with Gasteiger partial charge in [-0.05, 0) is 44.9 Å². The zero-order valence-corrected chi connectivity index (χ0v) is 19.0. The summed E-state index contributed by atoms with van der Waals surface area (Å²) in [7, 11) is 0. The van der Waals surface area contributed by atoms with Gasteiger partial charge in [0.15, 0.2) is 5.96 Å². The Labute approximate surface area is 188 Å². The Bertz CT molecular complexity index is 706. The first-order valence-corrected chi connectivity index (χ1v) is 10.9. The predicted molar refractivity (Wildman–Crippen MR) is 119 cm³/mol. The Balaban J connectivity index is 2.93. The Hall–Kier alpha value is -2.89. The van der Waals surface area contributed by atoms with Gasteiger partial charge >= 0.3 is 5.97 Å². The second-order valence-electron chi connectivity index (χ2n) is 8.52. The van der Waals surface area contributed by atoms with E-state index in [-0.39, 0.29) is 31.3 Å². The quantitative estimate of drug-likeness (QED) is 0.115. The van der Waals surface area contributed by atoms with Gasteiger partial charge in [-0.15, -0.1) is 0 Å². The number of carboxylic acid groups (broad SMARTS) is 1. The summed E-state index contributed by atoms with van der Waals surface area (Å²) in [4.78, 5) is 55.0. The third-order valence-electron chi connectivity index (χ3n) is 5.13. The van der Waals surface area contributed by atoms with Crippen LogP contribution in [0.4, 0.5) is 0 Å². The van der Waals surface area contributed by atoms with Crippen LogP contribution < -0.4 is 27.8 Å². The largest absolute Gasteiger partial charge is 0.480 e. The Morgan fingerprint density at radius 2 is 1.78 bits per heavy atom. The molecule has 0 saturated carbocycles. The lowest BCUT2D eigenvalue weighted by atomic mass is 10.0. The summed E-state index contributed by atoms with van der Waals surface area (Å²) < 4.78 is 0. The van der Waals surface area contributed by atoms with E-state index < -0.39 is 47.9 Å². The van der Waals surface area contributed by atoms with Crippen LogP contribution in [-0.4, -0.2) is 76.9 Å². The van der Waals surface area contributed by atoms with Crippen molar-refractivity contribution in [1.29, 1.82) is 0 Å². The molecule has 32 heavy (non-hydrogen) atoms. The van der Waals surface area contributed by atoms with E-state index in [0.29, 0.717) is 25.8 Å². The molecule has 4 atom stereocenters. The van der Waals surface area contributed by atoms with Crippen molar-refractivity contribution in [3.63, 3.8) is 0 Å². The lowest BCUT2D eigenvalue weighted by molar-refractivity contribution is -0.145. The summed E-state index contributed by atoms with van der Waals surface area (Å²) >= 11 is 0. The average molecular weight is 456 g/mol. The van der Waals surface area contributed by atoms with Crippen LogP contribution >= 0.6 is 0 Å². The number of rotatable bonds is 12. The topological polar surface area (TPSA) is 206 Å². The van der Waals surface area contributed by atoms with Crippen molar-refractivity contribution in [2.75, 3.05) is 13.1 Å². The minimum Gasteiger partial charge on any atom is -0.480 e. The maximum atomic E-state index is 13.2. The van der Waals surface area contributed by atoms with Crippen molar-refractivity contribution in [2.24, 2.45) is 28.1 Å². The monoisotopic (exact) mass is 455 g/mol. The minimum atomic E-state index is -1.12. The van der Waals surface area contributed by atoms with Crippen molar-refractivity contribution in [2.45, 2.75) is 77.0 Å². The van der Waals surface area contributed by atoms with Gasteiger partial charge < -0.3 is 37.8 Å². The maximum absolute atomic E-state index is 13.2. The molecule has 1 fully saturated rings. The van der Waals surface area contributed by atoms with Crippen molar-refractivity contribution in [3.8, 4) is 0 Å². The normalized spacial score (nSPS) is 18.5. The highest BCUT2D eigenvalue weighted by molar-refractivity contribution is 5.94. The molecule has 0 spiro atoms. The van der Waals surface area contributed by atoms with Gasteiger partial charge in [-0.25, -0.2) is 4.79 Å². The molecule has 4 unspecified atom stereocenters. The summed E-state index contributed by atoms with van der Waals surface area (Å²) in [5.74, 6) is -2.55. The molecule has 0 aromatic heterocycles. The van der Waals surface area contributed by atoms with Gasteiger partial charge in [0.05, 0.1) is 6.04 Å². The summed E-state index contributed by atoms with van der Waals surface area (Å²) in [6.45, 7) is 5.84. The van der Waals surface area contributed by atoms with Crippen LogP contribution in [0.1, 0.15) is 52.9 Å². The highest BCUT2D eigenvalue weighted by Gasteiger charge is 2.38. The third kappa shape index (κ3) is 8.69. The Morgan fingerprint density at radius 1 is 1.12 bits per heavy atom. The number of guanidine groups is 1. The van der Waals surface area contributed by atoms with Gasteiger partial charge in [0.1, 0.15) is 18.1 Å². The molecule has 12 nitrogen and oxygen atoms in total. The molecule has 1 rings (SSSR count). The van der Waals surface area contributed by atoms with Crippen molar-refractivity contribution >= 4 is 29.7 Å². The van der Waals surface area contributed by atoms with Crippen molar-refractivity contribution < 1.29 is 24.3 Å².